The highest BCUT2D eigenvalue weighted by atomic mass is 35.5. The first-order valence-corrected chi connectivity index (χ1v) is 8.28. The van der Waals surface area contributed by atoms with Gasteiger partial charge in [-0.3, -0.25) is 0 Å². The van der Waals surface area contributed by atoms with Crippen molar-refractivity contribution in [3.8, 4) is 0 Å². The minimum absolute atomic E-state index is 0.0967. The van der Waals surface area contributed by atoms with Gasteiger partial charge in [-0.05, 0) is 29.3 Å². The van der Waals surface area contributed by atoms with E-state index in [1.807, 2.05) is 0 Å². The lowest BCUT2D eigenvalue weighted by Gasteiger charge is -2.36. The summed E-state index contributed by atoms with van der Waals surface area (Å²) in [5, 5.41) is 61.3. The standard InChI is InChI=1S/C19H21ClO6/c20-14-8-6-12(7-9-14)10-16(23)19(26,13-4-2-1-3-5-13)18(25)17(24)15(22)11-21/h1-10,15,17-18,21-26H,11H2/t15-,17-,18+,19+/m1/s1. The summed E-state index contributed by atoms with van der Waals surface area (Å²) in [7, 11) is 0. The van der Waals surface area contributed by atoms with Crippen molar-refractivity contribution in [1.29, 1.82) is 0 Å². The minimum atomic E-state index is -2.42. The molecule has 7 heteroatoms. The van der Waals surface area contributed by atoms with Crippen LogP contribution in [0.3, 0.4) is 0 Å². The molecule has 0 aliphatic rings. The van der Waals surface area contributed by atoms with Gasteiger partial charge in [0.15, 0.2) is 5.60 Å². The van der Waals surface area contributed by atoms with Gasteiger partial charge in [-0.25, -0.2) is 0 Å². The first-order chi connectivity index (χ1) is 12.3. The molecule has 0 bridgehead atoms. The third-order valence-corrected chi connectivity index (χ3v) is 4.36. The highest BCUT2D eigenvalue weighted by Gasteiger charge is 2.47. The first kappa shape index (κ1) is 20.4. The molecule has 2 aromatic carbocycles. The number of benzene rings is 2. The van der Waals surface area contributed by atoms with Crippen molar-refractivity contribution in [3.63, 3.8) is 0 Å². The van der Waals surface area contributed by atoms with Crippen molar-refractivity contribution in [1.82, 2.24) is 0 Å². The zero-order valence-electron chi connectivity index (χ0n) is 13.8. The van der Waals surface area contributed by atoms with E-state index in [1.165, 1.54) is 18.2 Å². The molecule has 0 amide bonds. The summed E-state index contributed by atoms with van der Waals surface area (Å²) in [5.74, 6) is -0.650. The van der Waals surface area contributed by atoms with Gasteiger partial charge in [0.2, 0.25) is 0 Å². The van der Waals surface area contributed by atoms with Crippen LogP contribution in [-0.4, -0.2) is 55.6 Å². The smallest absolute Gasteiger partial charge is 0.175 e. The van der Waals surface area contributed by atoms with Crippen molar-refractivity contribution in [3.05, 3.63) is 76.5 Å². The number of hydrogen-bond acceptors (Lipinski definition) is 6. The molecule has 0 aliphatic heterocycles. The van der Waals surface area contributed by atoms with Gasteiger partial charge in [-0.1, -0.05) is 54.1 Å². The number of halogens is 1. The van der Waals surface area contributed by atoms with E-state index in [4.69, 9.17) is 16.7 Å². The molecule has 0 radical (unpaired) electrons. The Bertz CT molecular complexity index is 733. The predicted molar refractivity (Wildman–Crippen MR) is 97.5 cm³/mol. The highest BCUT2D eigenvalue weighted by Crippen LogP contribution is 2.35. The van der Waals surface area contributed by atoms with E-state index in [2.05, 4.69) is 0 Å². The topological polar surface area (TPSA) is 121 Å². The fourth-order valence-corrected chi connectivity index (χ4v) is 2.68. The van der Waals surface area contributed by atoms with Crippen molar-refractivity contribution >= 4 is 17.7 Å². The fourth-order valence-electron chi connectivity index (χ4n) is 2.55. The van der Waals surface area contributed by atoms with Crippen molar-refractivity contribution in [2.75, 3.05) is 6.61 Å². The first-order valence-electron chi connectivity index (χ1n) is 7.90. The van der Waals surface area contributed by atoms with Crippen LogP contribution in [0.25, 0.3) is 6.08 Å². The van der Waals surface area contributed by atoms with Crippen LogP contribution in [0.4, 0.5) is 0 Å². The summed E-state index contributed by atoms with van der Waals surface area (Å²) in [6.07, 6.45) is -4.42. The number of hydrogen-bond donors (Lipinski definition) is 6. The van der Waals surface area contributed by atoms with E-state index in [-0.39, 0.29) is 5.56 Å². The van der Waals surface area contributed by atoms with Crippen LogP contribution in [0, 0.1) is 0 Å². The van der Waals surface area contributed by atoms with Gasteiger partial charge in [-0.15, -0.1) is 0 Å². The van der Waals surface area contributed by atoms with Crippen LogP contribution < -0.4 is 0 Å². The van der Waals surface area contributed by atoms with Gasteiger partial charge in [0, 0.05) is 5.02 Å². The molecule has 140 valence electrons. The van der Waals surface area contributed by atoms with Crippen molar-refractivity contribution in [2.45, 2.75) is 23.9 Å². The Morgan fingerprint density at radius 3 is 2.12 bits per heavy atom. The molecule has 0 spiro atoms. The summed E-state index contributed by atoms with van der Waals surface area (Å²) in [6.45, 7) is -0.829. The number of aliphatic hydroxyl groups excluding tert-OH is 5. The molecule has 0 aliphatic carbocycles. The Balaban J connectivity index is 2.51. The molecule has 0 unspecified atom stereocenters. The van der Waals surface area contributed by atoms with Gasteiger partial charge in [0.25, 0.3) is 0 Å². The molecule has 0 heterocycles. The van der Waals surface area contributed by atoms with Gasteiger partial charge < -0.3 is 30.6 Å². The normalized spacial score (nSPS) is 18.0. The summed E-state index contributed by atoms with van der Waals surface area (Å²) in [6, 6.07) is 14.1. The Morgan fingerprint density at radius 1 is 1.00 bits per heavy atom. The molecule has 0 aromatic heterocycles. The maximum atomic E-state index is 11.1. The van der Waals surface area contributed by atoms with E-state index in [1.54, 1.807) is 42.5 Å². The third kappa shape index (κ3) is 4.24. The van der Waals surface area contributed by atoms with Gasteiger partial charge in [-0.2, -0.15) is 0 Å². The molecular weight excluding hydrogens is 360 g/mol. The SMILES string of the molecule is OC[C@@H](O)[C@@H](O)[C@H](O)[C@@](O)(C(O)=Cc1ccc(Cl)cc1)c1ccccc1. The lowest BCUT2D eigenvalue weighted by Crippen LogP contribution is -2.53. The number of rotatable bonds is 7. The maximum absolute atomic E-state index is 11.1. The van der Waals surface area contributed by atoms with E-state index in [0.717, 1.165) is 0 Å². The van der Waals surface area contributed by atoms with Crippen molar-refractivity contribution < 1.29 is 30.6 Å². The van der Waals surface area contributed by atoms with Crippen LogP contribution in [0.5, 0.6) is 0 Å². The molecule has 26 heavy (non-hydrogen) atoms. The number of aliphatic hydroxyl groups is 6. The van der Waals surface area contributed by atoms with Crippen LogP contribution in [0.15, 0.2) is 60.4 Å². The van der Waals surface area contributed by atoms with Gasteiger partial charge in [0.05, 0.1) is 6.61 Å². The van der Waals surface area contributed by atoms with Gasteiger partial charge in [0.1, 0.15) is 24.1 Å². The van der Waals surface area contributed by atoms with E-state index < -0.39 is 36.3 Å². The molecule has 2 aromatic rings. The zero-order valence-corrected chi connectivity index (χ0v) is 14.5. The monoisotopic (exact) mass is 380 g/mol. The predicted octanol–water partition coefficient (Wildman–Crippen LogP) is 1.20. The second-order valence-electron chi connectivity index (χ2n) is 5.90. The Morgan fingerprint density at radius 2 is 1.58 bits per heavy atom. The Labute approximate surface area is 155 Å². The quantitative estimate of drug-likeness (QED) is 0.401. The van der Waals surface area contributed by atoms with Crippen LogP contribution in [0.1, 0.15) is 11.1 Å². The van der Waals surface area contributed by atoms with Gasteiger partial charge >= 0.3 is 0 Å². The van der Waals surface area contributed by atoms with Crippen LogP contribution in [-0.2, 0) is 5.60 Å². The molecule has 6 N–H and O–H groups in total. The summed E-state index contributed by atoms with van der Waals surface area (Å²) >= 11 is 5.82. The molecule has 6 nitrogen and oxygen atoms in total. The highest BCUT2D eigenvalue weighted by molar-refractivity contribution is 6.30. The summed E-state index contributed by atoms with van der Waals surface area (Å²) in [5.41, 5.74) is -1.83. The average molecular weight is 381 g/mol. The molecule has 0 saturated heterocycles. The van der Waals surface area contributed by atoms with E-state index in [9.17, 15) is 25.5 Å². The lowest BCUT2D eigenvalue weighted by molar-refractivity contribution is -0.158. The van der Waals surface area contributed by atoms with E-state index >= 15 is 0 Å². The molecular formula is C19H21ClO6. The molecule has 4 atom stereocenters. The second-order valence-corrected chi connectivity index (χ2v) is 6.34. The summed E-state index contributed by atoms with van der Waals surface area (Å²) in [4.78, 5) is 0. The average Bonchev–Trinajstić information content (AvgIpc) is 2.67. The molecule has 2 rings (SSSR count). The lowest BCUT2D eigenvalue weighted by atomic mass is 9.81. The Kier molecular flexibility index (Phi) is 6.77. The largest absolute Gasteiger partial charge is 0.509 e. The zero-order chi connectivity index (χ0) is 19.3. The Hall–Kier alpha value is -1.93. The van der Waals surface area contributed by atoms with E-state index in [0.29, 0.717) is 10.6 Å². The minimum Gasteiger partial charge on any atom is -0.509 e. The van der Waals surface area contributed by atoms with Crippen LogP contribution >= 0.6 is 11.6 Å². The fraction of sp³-hybridized carbons (Fsp3) is 0.263. The van der Waals surface area contributed by atoms with Crippen molar-refractivity contribution in [2.24, 2.45) is 0 Å². The molecule has 0 saturated carbocycles. The molecule has 0 fully saturated rings. The second kappa shape index (κ2) is 8.64. The maximum Gasteiger partial charge on any atom is 0.175 e. The third-order valence-electron chi connectivity index (χ3n) is 4.11. The summed E-state index contributed by atoms with van der Waals surface area (Å²) < 4.78 is 0. The van der Waals surface area contributed by atoms with Crippen LogP contribution in [0.2, 0.25) is 5.02 Å².